The zero-order valence-corrected chi connectivity index (χ0v) is 23.6. The maximum atomic E-state index is 12.7. The molecule has 1 aliphatic carbocycles. The van der Waals surface area contributed by atoms with Gasteiger partial charge in [-0.15, -0.1) is 0 Å². The fourth-order valence-electron chi connectivity index (χ4n) is 5.26. The molecule has 212 valence electrons. The minimum absolute atomic E-state index is 0.0778. The predicted molar refractivity (Wildman–Crippen MR) is 156 cm³/mol. The molecule has 0 saturated carbocycles. The first-order valence-corrected chi connectivity index (χ1v) is 14.6. The number of carbonyl (C=O) groups excluding carboxylic acids is 3. The third-order valence-corrected chi connectivity index (χ3v) is 7.44. The van der Waals surface area contributed by atoms with Crippen molar-refractivity contribution in [2.75, 3.05) is 20.2 Å². The van der Waals surface area contributed by atoms with Crippen molar-refractivity contribution < 1.29 is 19.1 Å². The van der Waals surface area contributed by atoms with Gasteiger partial charge in [-0.1, -0.05) is 113 Å². The Hall–Kier alpha value is -3.35. The first-order valence-electron chi connectivity index (χ1n) is 14.6. The van der Waals surface area contributed by atoms with Gasteiger partial charge in [-0.25, -0.2) is 4.79 Å². The molecule has 39 heavy (non-hydrogen) atoms. The molecule has 0 heterocycles. The lowest BCUT2D eigenvalue weighted by Crippen LogP contribution is -2.48. The van der Waals surface area contributed by atoms with Gasteiger partial charge < -0.3 is 20.7 Å². The van der Waals surface area contributed by atoms with Gasteiger partial charge in [0.05, 0.1) is 6.42 Å². The molecule has 0 bridgehead atoms. The molecule has 7 heteroatoms. The first-order chi connectivity index (χ1) is 19.0. The van der Waals surface area contributed by atoms with E-state index in [2.05, 4.69) is 35.0 Å². The number of nitrogens with one attached hydrogen (secondary N) is 3. The molecule has 1 aliphatic rings. The fraction of sp³-hybridized carbons (Fsp3) is 0.531. The summed E-state index contributed by atoms with van der Waals surface area (Å²) in [5, 5.41) is 7.98. The van der Waals surface area contributed by atoms with E-state index in [4.69, 9.17) is 4.74 Å². The zero-order chi connectivity index (χ0) is 27.9. The highest BCUT2D eigenvalue weighted by Crippen LogP contribution is 2.44. The van der Waals surface area contributed by atoms with Crippen molar-refractivity contribution in [3.63, 3.8) is 0 Å². The largest absolute Gasteiger partial charge is 0.449 e. The Kier molecular flexibility index (Phi) is 12.8. The van der Waals surface area contributed by atoms with E-state index in [1.54, 1.807) is 0 Å². The minimum Gasteiger partial charge on any atom is -0.449 e. The van der Waals surface area contributed by atoms with Crippen molar-refractivity contribution in [2.24, 2.45) is 0 Å². The zero-order valence-electron chi connectivity index (χ0n) is 23.6. The highest BCUT2D eigenvalue weighted by Gasteiger charge is 2.30. The van der Waals surface area contributed by atoms with E-state index >= 15 is 0 Å². The third-order valence-electron chi connectivity index (χ3n) is 7.44. The average Bonchev–Trinajstić information content (AvgIpc) is 3.27. The molecule has 0 spiro atoms. The van der Waals surface area contributed by atoms with E-state index in [1.165, 1.54) is 58.4 Å². The fourth-order valence-corrected chi connectivity index (χ4v) is 5.26. The van der Waals surface area contributed by atoms with E-state index in [0.717, 1.165) is 35.1 Å². The molecule has 2 aromatic rings. The van der Waals surface area contributed by atoms with Crippen molar-refractivity contribution in [1.29, 1.82) is 0 Å². The number of alkyl carbamates (subject to hydrolysis) is 1. The van der Waals surface area contributed by atoms with Crippen LogP contribution in [0.1, 0.15) is 94.6 Å². The normalized spacial score (nSPS) is 12.8. The number of amides is 3. The van der Waals surface area contributed by atoms with Gasteiger partial charge in [0.1, 0.15) is 12.6 Å². The van der Waals surface area contributed by atoms with Gasteiger partial charge in [0.2, 0.25) is 11.8 Å². The van der Waals surface area contributed by atoms with Crippen LogP contribution in [0.2, 0.25) is 0 Å². The number of unbranched alkanes of at least 4 members (excludes halogenated alkanes) is 9. The molecule has 7 nitrogen and oxygen atoms in total. The molecule has 0 aromatic heterocycles. The quantitative estimate of drug-likeness (QED) is 0.214. The molecule has 0 saturated heterocycles. The maximum absolute atomic E-state index is 12.7. The number of rotatable bonds is 17. The van der Waals surface area contributed by atoms with Crippen LogP contribution >= 0.6 is 0 Å². The highest BCUT2D eigenvalue weighted by atomic mass is 16.5. The molecule has 0 unspecified atom stereocenters. The second-order valence-corrected chi connectivity index (χ2v) is 10.4. The van der Waals surface area contributed by atoms with Gasteiger partial charge in [0.25, 0.3) is 0 Å². The Morgan fingerprint density at radius 2 is 1.33 bits per heavy atom. The maximum Gasteiger partial charge on any atom is 0.407 e. The predicted octanol–water partition coefficient (Wildman–Crippen LogP) is 6.07. The van der Waals surface area contributed by atoms with Crippen LogP contribution < -0.4 is 16.0 Å². The number of likely N-dealkylation sites (N-methyl/N-ethyl adjacent to an activating group) is 1. The van der Waals surface area contributed by atoms with Crippen LogP contribution in [0.4, 0.5) is 4.79 Å². The lowest BCUT2D eigenvalue weighted by molar-refractivity contribution is -0.128. The van der Waals surface area contributed by atoms with Crippen molar-refractivity contribution in [1.82, 2.24) is 16.0 Å². The number of hydrogen-bond acceptors (Lipinski definition) is 4. The van der Waals surface area contributed by atoms with Crippen LogP contribution in [0.5, 0.6) is 0 Å². The van der Waals surface area contributed by atoms with E-state index in [0.29, 0.717) is 6.54 Å². The molecule has 2 aromatic carbocycles. The van der Waals surface area contributed by atoms with E-state index in [-0.39, 0.29) is 24.9 Å². The number of carbonyl (C=O) groups is 3. The molecule has 0 fully saturated rings. The minimum atomic E-state index is -1.00. The lowest BCUT2D eigenvalue weighted by Gasteiger charge is -2.19. The van der Waals surface area contributed by atoms with Crippen LogP contribution in [0, 0.1) is 0 Å². The molecular weight excluding hydrogens is 490 g/mol. The van der Waals surface area contributed by atoms with Crippen LogP contribution in [-0.2, 0) is 14.3 Å². The number of benzene rings is 2. The summed E-state index contributed by atoms with van der Waals surface area (Å²) in [4.78, 5) is 37.5. The van der Waals surface area contributed by atoms with Crippen molar-refractivity contribution in [3.8, 4) is 11.1 Å². The topological polar surface area (TPSA) is 96.5 Å². The summed E-state index contributed by atoms with van der Waals surface area (Å²) in [5.41, 5.74) is 4.51. The second kappa shape index (κ2) is 16.6. The molecule has 3 amide bonds. The average molecular weight is 536 g/mol. The summed E-state index contributed by atoms with van der Waals surface area (Å²) < 4.78 is 5.56. The van der Waals surface area contributed by atoms with Gasteiger partial charge in [-0.3, -0.25) is 9.59 Å². The Labute approximate surface area is 233 Å². The molecular formula is C32H45N3O4. The SMILES string of the molecule is CCCCCCCCCCCCNC(=O)C[C@@H](NC(=O)OCC1c2ccccc2-c2ccccc21)C(=O)NC. The number of fused-ring (bicyclic) bond motifs is 3. The monoisotopic (exact) mass is 535 g/mol. The number of ether oxygens (including phenoxy) is 1. The van der Waals surface area contributed by atoms with Gasteiger partial charge in [0, 0.05) is 19.5 Å². The van der Waals surface area contributed by atoms with Crippen LogP contribution in [0.3, 0.4) is 0 Å². The van der Waals surface area contributed by atoms with Crippen LogP contribution in [-0.4, -0.2) is 44.1 Å². The summed E-state index contributed by atoms with van der Waals surface area (Å²) in [6.45, 7) is 2.95. The van der Waals surface area contributed by atoms with E-state index < -0.39 is 18.0 Å². The smallest absolute Gasteiger partial charge is 0.407 e. The van der Waals surface area contributed by atoms with Crippen LogP contribution in [0.15, 0.2) is 48.5 Å². The molecule has 0 aliphatic heterocycles. The Balaban J connectivity index is 1.38. The Bertz CT molecular complexity index is 1030. The molecule has 3 N–H and O–H groups in total. The summed E-state index contributed by atoms with van der Waals surface area (Å²) >= 11 is 0. The van der Waals surface area contributed by atoms with Gasteiger partial charge in [-0.2, -0.15) is 0 Å². The van der Waals surface area contributed by atoms with Crippen LogP contribution in [0.25, 0.3) is 11.1 Å². The Morgan fingerprint density at radius 1 is 0.795 bits per heavy atom. The second-order valence-electron chi connectivity index (χ2n) is 10.4. The Morgan fingerprint density at radius 3 is 1.90 bits per heavy atom. The van der Waals surface area contributed by atoms with E-state index in [9.17, 15) is 14.4 Å². The van der Waals surface area contributed by atoms with Gasteiger partial charge in [0.15, 0.2) is 0 Å². The molecule has 0 radical (unpaired) electrons. The van der Waals surface area contributed by atoms with E-state index in [1.807, 2.05) is 36.4 Å². The first kappa shape index (κ1) is 30.2. The summed E-state index contributed by atoms with van der Waals surface area (Å²) in [7, 11) is 1.48. The molecule has 1 atom stereocenters. The third kappa shape index (κ3) is 9.41. The standard InChI is InChI=1S/C32H45N3O4/c1-3-4-5-6-7-8-9-10-11-16-21-34-30(36)22-29(31(37)33-2)35-32(38)39-23-28-26-19-14-12-17-24(26)25-18-13-15-20-27(25)28/h12-15,17-20,28-29H,3-11,16,21-23H2,1-2H3,(H,33,37)(H,34,36)(H,35,38)/t29-/m1/s1. The summed E-state index contributed by atoms with van der Waals surface area (Å²) in [6.07, 6.45) is 11.4. The van der Waals surface area contributed by atoms with Gasteiger partial charge in [-0.05, 0) is 28.7 Å². The lowest BCUT2D eigenvalue weighted by atomic mass is 9.98. The van der Waals surface area contributed by atoms with Crippen molar-refractivity contribution >= 4 is 17.9 Å². The van der Waals surface area contributed by atoms with Crippen molar-refractivity contribution in [2.45, 2.75) is 89.5 Å². The summed E-state index contributed by atoms with van der Waals surface area (Å²) in [5.74, 6) is -0.776. The van der Waals surface area contributed by atoms with Gasteiger partial charge >= 0.3 is 6.09 Å². The molecule has 3 rings (SSSR count). The highest BCUT2D eigenvalue weighted by molar-refractivity contribution is 5.90. The summed E-state index contributed by atoms with van der Waals surface area (Å²) in [6, 6.07) is 15.2. The number of hydrogen-bond donors (Lipinski definition) is 3. The van der Waals surface area contributed by atoms with Crippen molar-refractivity contribution in [3.05, 3.63) is 59.7 Å².